The number of nitrogens with zero attached hydrogens (tertiary/aromatic N) is 1. The average molecular weight is 304 g/mol. The molecule has 1 atom stereocenters. The van der Waals surface area contributed by atoms with Crippen molar-refractivity contribution < 1.29 is 0 Å². The van der Waals surface area contributed by atoms with Crippen molar-refractivity contribution in [1.29, 1.82) is 0 Å². The van der Waals surface area contributed by atoms with Crippen molar-refractivity contribution in [3.8, 4) is 0 Å². The molecule has 102 valence electrons. The Balaban J connectivity index is 1.87. The zero-order valence-electron chi connectivity index (χ0n) is 11.6. The molecule has 1 saturated heterocycles. The van der Waals surface area contributed by atoms with Gasteiger partial charge < -0.3 is 0 Å². The predicted octanol–water partition coefficient (Wildman–Crippen LogP) is 4.99. The van der Waals surface area contributed by atoms with Crippen LogP contribution in [0.3, 0.4) is 0 Å². The highest BCUT2D eigenvalue weighted by Crippen LogP contribution is 2.19. The molecule has 1 fully saturated rings. The van der Waals surface area contributed by atoms with Crippen LogP contribution in [0.4, 0.5) is 0 Å². The molecule has 0 aromatic heterocycles. The standard InChI is InChI=1S/C15H30BrN/c1-2-3-4-5-6-7-8-9-12-17-13-10-11-15(17)14-16/h15H,2-14H2,1H3. The van der Waals surface area contributed by atoms with Crippen molar-refractivity contribution in [3.63, 3.8) is 0 Å². The monoisotopic (exact) mass is 303 g/mol. The first-order valence-electron chi connectivity index (χ1n) is 7.68. The van der Waals surface area contributed by atoms with Gasteiger partial charge in [-0.25, -0.2) is 0 Å². The summed E-state index contributed by atoms with van der Waals surface area (Å²) in [6.07, 6.45) is 14.3. The van der Waals surface area contributed by atoms with E-state index in [0.717, 1.165) is 6.04 Å². The smallest absolute Gasteiger partial charge is 0.0193 e. The normalized spacial score (nSPS) is 21.2. The van der Waals surface area contributed by atoms with E-state index in [1.54, 1.807) is 0 Å². The van der Waals surface area contributed by atoms with Gasteiger partial charge in [0.05, 0.1) is 0 Å². The van der Waals surface area contributed by atoms with Crippen LogP contribution in [0.25, 0.3) is 0 Å². The molecule has 1 aliphatic heterocycles. The molecule has 0 aromatic rings. The second kappa shape index (κ2) is 10.4. The van der Waals surface area contributed by atoms with Gasteiger partial charge >= 0.3 is 0 Å². The first-order valence-corrected chi connectivity index (χ1v) is 8.80. The number of halogens is 1. The molecule has 0 aliphatic carbocycles. The number of unbranched alkanes of at least 4 members (excludes halogenated alkanes) is 7. The van der Waals surface area contributed by atoms with Crippen molar-refractivity contribution in [2.75, 3.05) is 18.4 Å². The fraction of sp³-hybridized carbons (Fsp3) is 1.00. The zero-order valence-corrected chi connectivity index (χ0v) is 13.2. The molecule has 1 nitrogen and oxygen atoms in total. The van der Waals surface area contributed by atoms with Crippen LogP contribution in [0.2, 0.25) is 0 Å². The Kier molecular flexibility index (Phi) is 9.45. The lowest BCUT2D eigenvalue weighted by molar-refractivity contribution is 0.266. The van der Waals surface area contributed by atoms with Gasteiger partial charge in [-0.2, -0.15) is 0 Å². The lowest BCUT2D eigenvalue weighted by atomic mass is 10.1. The van der Waals surface area contributed by atoms with E-state index in [9.17, 15) is 0 Å². The number of likely N-dealkylation sites (tertiary alicyclic amines) is 1. The Hall–Kier alpha value is 0.440. The van der Waals surface area contributed by atoms with Crippen molar-refractivity contribution in [1.82, 2.24) is 4.90 Å². The fourth-order valence-electron chi connectivity index (χ4n) is 2.81. The van der Waals surface area contributed by atoms with Gasteiger partial charge in [-0.1, -0.05) is 67.8 Å². The van der Waals surface area contributed by atoms with Crippen LogP contribution >= 0.6 is 15.9 Å². The summed E-state index contributed by atoms with van der Waals surface area (Å²) in [6, 6.07) is 0.833. The molecule has 17 heavy (non-hydrogen) atoms. The van der Waals surface area contributed by atoms with E-state index in [1.165, 1.54) is 82.6 Å². The second-order valence-electron chi connectivity index (χ2n) is 5.46. The van der Waals surface area contributed by atoms with E-state index >= 15 is 0 Å². The van der Waals surface area contributed by atoms with E-state index in [4.69, 9.17) is 0 Å². The fourth-order valence-corrected chi connectivity index (χ4v) is 3.55. The third-order valence-corrected chi connectivity index (χ3v) is 4.72. The highest BCUT2D eigenvalue weighted by molar-refractivity contribution is 9.09. The average Bonchev–Trinajstić information content (AvgIpc) is 2.80. The summed E-state index contributed by atoms with van der Waals surface area (Å²) in [5.74, 6) is 0. The number of hydrogen-bond acceptors (Lipinski definition) is 1. The lowest BCUT2D eigenvalue weighted by Gasteiger charge is -2.22. The minimum atomic E-state index is 0.833. The first-order chi connectivity index (χ1) is 8.38. The van der Waals surface area contributed by atoms with E-state index in [-0.39, 0.29) is 0 Å². The Bertz CT molecular complexity index is 172. The minimum absolute atomic E-state index is 0.833. The molecule has 1 aliphatic rings. The summed E-state index contributed by atoms with van der Waals surface area (Å²) < 4.78 is 0. The molecule has 0 N–H and O–H groups in total. The number of hydrogen-bond donors (Lipinski definition) is 0. The molecular weight excluding hydrogens is 274 g/mol. The molecule has 0 radical (unpaired) electrons. The van der Waals surface area contributed by atoms with Gasteiger partial charge in [0.2, 0.25) is 0 Å². The van der Waals surface area contributed by atoms with Crippen LogP contribution < -0.4 is 0 Å². The van der Waals surface area contributed by atoms with Crippen LogP contribution in [0.15, 0.2) is 0 Å². The van der Waals surface area contributed by atoms with Crippen LogP contribution in [-0.4, -0.2) is 29.4 Å². The molecule has 1 unspecified atom stereocenters. The highest BCUT2D eigenvalue weighted by atomic mass is 79.9. The molecule has 2 heteroatoms. The van der Waals surface area contributed by atoms with Gasteiger partial charge in [-0.3, -0.25) is 4.90 Å². The lowest BCUT2D eigenvalue weighted by Crippen LogP contribution is -2.31. The Morgan fingerprint density at radius 2 is 1.65 bits per heavy atom. The summed E-state index contributed by atoms with van der Waals surface area (Å²) in [7, 11) is 0. The Morgan fingerprint density at radius 1 is 1.00 bits per heavy atom. The maximum atomic E-state index is 3.63. The minimum Gasteiger partial charge on any atom is -0.300 e. The topological polar surface area (TPSA) is 3.24 Å². The van der Waals surface area contributed by atoms with Gasteiger partial charge in [0.15, 0.2) is 0 Å². The molecule has 0 bridgehead atoms. The quantitative estimate of drug-likeness (QED) is 0.406. The predicted molar refractivity (Wildman–Crippen MR) is 81.0 cm³/mol. The maximum Gasteiger partial charge on any atom is 0.0193 e. The van der Waals surface area contributed by atoms with Gasteiger partial charge in [-0.15, -0.1) is 0 Å². The summed E-state index contributed by atoms with van der Waals surface area (Å²) in [5.41, 5.74) is 0. The van der Waals surface area contributed by atoms with Crippen molar-refractivity contribution in [2.24, 2.45) is 0 Å². The third-order valence-electron chi connectivity index (χ3n) is 3.98. The van der Waals surface area contributed by atoms with Crippen molar-refractivity contribution in [2.45, 2.75) is 77.2 Å². The highest BCUT2D eigenvalue weighted by Gasteiger charge is 2.22. The molecule has 0 spiro atoms. The summed E-state index contributed by atoms with van der Waals surface area (Å²) in [4.78, 5) is 2.69. The van der Waals surface area contributed by atoms with E-state index in [0.29, 0.717) is 0 Å². The summed E-state index contributed by atoms with van der Waals surface area (Å²) in [6.45, 7) is 4.97. The maximum absolute atomic E-state index is 3.63. The summed E-state index contributed by atoms with van der Waals surface area (Å²) >= 11 is 3.63. The molecule has 1 rings (SSSR count). The molecule has 0 amide bonds. The Labute approximate surface area is 116 Å². The number of alkyl halides is 1. The van der Waals surface area contributed by atoms with E-state index < -0.39 is 0 Å². The van der Waals surface area contributed by atoms with Crippen LogP contribution in [0.1, 0.15) is 71.1 Å². The third kappa shape index (κ3) is 6.81. The van der Waals surface area contributed by atoms with E-state index in [2.05, 4.69) is 27.8 Å². The molecule has 0 aromatic carbocycles. The van der Waals surface area contributed by atoms with Gasteiger partial charge in [0, 0.05) is 11.4 Å². The molecule has 1 heterocycles. The summed E-state index contributed by atoms with van der Waals surface area (Å²) in [5, 5.41) is 1.17. The largest absolute Gasteiger partial charge is 0.300 e. The second-order valence-corrected chi connectivity index (χ2v) is 6.11. The van der Waals surface area contributed by atoms with Crippen LogP contribution in [0.5, 0.6) is 0 Å². The van der Waals surface area contributed by atoms with Crippen molar-refractivity contribution >= 4 is 15.9 Å². The van der Waals surface area contributed by atoms with Gasteiger partial charge in [0.1, 0.15) is 0 Å². The van der Waals surface area contributed by atoms with Gasteiger partial charge in [-0.05, 0) is 32.4 Å². The molecular formula is C15H30BrN. The van der Waals surface area contributed by atoms with E-state index in [1.807, 2.05) is 0 Å². The number of rotatable bonds is 10. The van der Waals surface area contributed by atoms with Crippen LogP contribution in [0, 0.1) is 0 Å². The SMILES string of the molecule is CCCCCCCCCCN1CCCC1CBr. The zero-order chi connectivity index (χ0) is 12.3. The first kappa shape index (κ1) is 15.5. The van der Waals surface area contributed by atoms with Crippen molar-refractivity contribution in [3.05, 3.63) is 0 Å². The molecule has 0 saturated carbocycles. The Morgan fingerprint density at radius 3 is 2.29 bits per heavy atom. The van der Waals surface area contributed by atoms with Gasteiger partial charge in [0.25, 0.3) is 0 Å². The van der Waals surface area contributed by atoms with Crippen LogP contribution in [-0.2, 0) is 0 Å².